The molecule has 0 N–H and O–H groups in total. The fourth-order valence-corrected chi connectivity index (χ4v) is 6.84. The molecule has 0 aliphatic carbocycles. The molecule has 0 nitrogen and oxygen atoms in total. The highest BCUT2D eigenvalue weighted by Gasteiger charge is 2.95. The van der Waals surface area contributed by atoms with E-state index in [-0.39, 0.29) is 12.8 Å². The van der Waals surface area contributed by atoms with Crippen LogP contribution in [0.1, 0.15) is 167 Å². The maximum atomic E-state index is 14.0. The Morgan fingerprint density at radius 3 is 0.815 bits per heavy atom. The molecule has 54 heavy (non-hydrogen) atoms. The minimum absolute atomic E-state index is 0.0963. The molecule has 0 aromatic rings. The fraction of sp³-hybridized carbons (Fsp3) is 1.00. The van der Waals surface area contributed by atoms with Gasteiger partial charge in [-0.05, 0) is 30.8 Å². The van der Waals surface area contributed by atoms with Gasteiger partial charge in [0.1, 0.15) is 0 Å². The highest BCUT2D eigenvalue weighted by molar-refractivity contribution is 7.99. The van der Waals surface area contributed by atoms with Crippen molar-refractivity contribution >= 4 is 11.8 Å². The van der Waals surface area contributed by atoms with Crippen LogP contribution in [-0.4, -0.2) is 59.1 Å². The Labute approximate surface area is 312 Å². The molecule has 0 aromatic carbocycles. The minimum atomic E-state index is -8.58. The topological polar surface area (TPSA) is 0 Å². The molecule has 0 amide bonds. The standard InChI is InChI=1S/C36H57F17S/c1-2-3-4-5-6-7-8-9-10-11-12-13-15-18-21-24-27-54-28-25-22-19-16-14-17-20-23-26-29(37,38)30(39,40)31(41,42)32(43,44)33(45,46)34(47,48)35(49,50)36(51,52)53/h2-28H2,1H3. The van der Waals surface area contributed by atoms with Gasteiger partial charge >= 0.3 is 47.6 Å². The second kappa shape index (κ2) is 24.2. The van der Waals surface area contributed by atoms with Crippen molar-refractivity contribution in [3.05, 3.63) is 0 Å². The number of hydrogen-bond donors (Lipinski definition) is 0. The van der Waals surface area contributed by atoms with Gasteiger partial charge in [0.15, 0.2) is 0 Å². The van der Waals surface area contributed by atoms with Crippen molar-refractivity contribution in [2.45, 2.75) is 215 Å². The molecule has 0 atom stereocenters. The molecule has 0 radical (unpaired) electrons. The molecule has 0 aliphatic rings. The van der Waals surface area contributed by atoms with E-state index in [1.807, 2.05) is 11.8 Å². The highest BCUT2D eigenvalue weighted by atomic mass is 32.2. The van der Waals surface area contributed by atoms with Gasteiger partial charge in [-0.3, -0.25) is 0 Å². The molecule has 0 unspecified atom stereocenters. The first-order chi connectivity index (χ1) is 24.8. The van der Waals surface area contributed by atoms with Crippen LogP contribution in [-0.2, 0) is 0 Å². The van der Waals surface area contributed by atoms with Gasteiger partial charge in [0.05, 0.1) is 0 Å². The Bertz CT molecular complexity index is 967. The normalized spacial score (nSPS) is 14.3. The maximum Gasteiger partial charge on any atom is 0.460 e. The second-order valence-electron chi connectivity index (χ2n) is 14.1. The first-order valence-electron chi connectivity index (χ1n) is 19.1. The third-order valence-electron chi connectivity index (χ3n) is 9.46. The molecule has 0 aliphatic heterocycles. The molecule has 0 fully saturated rings. The lowest BCUT2D eigenvalue weighted by Gasteiger charge is -2.42. The Hall–Kier alpha value is -0.840. The number of alkyl halides is 17. The van der Waals surface area contributed by atoms with Crippen molar-refractivity contribution in [1.82, 2.24) is 0 Å². The second-order valence-corrected chi connectivity index (χ2v) is 15.4. The summed E-state index contributed by atoms with van der Waals surface area (Å²) >= 11 is 1.84. The van der Waals surface area contributed by atoms with E-state index >= 15 is 0 Å². The van der Waals surface area contributed by atoms with Crippen LogP contribution in [0.4, 0.5) is 74.6 Å². The quantitative estimate of drug-likeness (QED) is 0.0459. The predicted octanol–water partition coefficient (Wildman–Crippen LogP) is 16.5. The summed E-state index contributed by atoms with van der Waals surface area (Å²) in [6, 6.07) is 0. The zero-order valence-electron chi connectivity index (χ0n) is 30.9. The van der Waals surface area contributed by atoms with Crippen molar-refractivity contribution in [3.8, 4) is 0 Å². The van der Waals surface area contributed by atoms with E-state index in [0.717, 1.165) is 37.2 Å². The van der Waals surface area contributed by atoms with Gasteiger partial charge in [-0.1, -0.05) is 142 Å². The fourth-order valence-electron chi connectivity index (χ4n) is 5.82. The zero-order chi connectivity index (χ0) is 41.8. The van der Waals surface area contributed by atoms with Crippen LogP contribution in [0.25, 0.3) is 0 Å². The first kappa shape index (κ1) is 53.2. The van der Waals surface area contributed by atoms with E-state index in [1.54, 1.807) is 0 Å². The number of hydrogen-bond acceptors (Lipinski definition) is 1. The van der Waals surface area contributed by atoms with E-state index in [2.05, 4.69) is 6.92 Å². The van der Waals surface area contributed by atoms with Crippen molar-refractivity contribution < 1.29 is 74.6 Å². The smallest absolute Gasteiger partial charge is 0.200 e. The largest absolute Gasteiger partial charge is 0.460 e. The third kappa shape index (κ3) is 15.2. The molecule has 18 heteroatoms. The lowest BCUT2D eigenvalue weighted by atomic mass is 9.87. The predicted molar refractivity (Wildman–Crippen MR) is 179 cm³/mol. The lowest BCUT2D eigenvalue weighted by Crippen LogP contribution is -2.74. The van der Waals surface area contributed by atoms with Gasteiger partial charge in [-0.2, -0.15) is 86.4 Å². The molecule has 0 aromatic heterocycles. The number of unbranched alkanes of at least 4 members (excludes halogenated alkanes) is 22. The summed E-state index contributed by atoms with van der Waals surface area (Å²) in [5, 5.41) is 0. The Morgan fingerprint density at radius 1 is 0.278 bits per heavy atom. The van der Waals surface area contributed by atoms with Gasteiger partial charge < -0.3 is 0 Å². The Morgan fingerprint density at radius 2 is 0.519 bits per heavy atom. The van der Waals surface area contributed by atoms with Crippen LogP contribution in [0.3, 0.4) is 0 Å². The number of thioether (sulfide) groups is 1. The van der Waals surface area contributed by atoms with Crippen LogP contribution in [0.2, 0.25) is 0 Å². The summed E-state index contributed by atoms with van der Waals surface area (Å²) in [5.74, 6) is -53.7. The monoisotopic (exact) mass is 844 g/mol. The van der Waals surface area contributed by atoms with Crippen molar-refractivity contribution in [2.75, 3.05) is 11.5 Å². The summed E-state index contributed by atoms with van der Waals surface area (Å²) in [6.07, 6.45) is 12.8. The maximum absolute atomic E-state index is 14.0. The lowest BCUT2D eigenvalue weighted by molar-refractivity contribution is -0.461. The average Bonchev–Trinajstić information content (AvgIpc) is 3.06. The van der Waals surface area contributed by atoms with Crippen LogP contribution >= 0.6 is 11.8 Å². The molecule has 0 saturated heterocycles. The van der Waals surface area contributed by atoms with Crippen LogP contribution in [0.5, 0.6) is 0 Å². The average molecular weight is 845 g/mol. The van der Waals surface area contributed by atoms with Crippen molar-refractivity contribution in [3.63, 3.8) is 0 Å². The highest BCUT2D eigenvalue weighted by Crippen LogP contribution is 2.64. The minimum Gasteiger partial charge on any atom is -0.200 e. The molecular weight excluding hydrogens is 787 g/mol. The van der Waals surface area contributed by atoms with Gasteiger partial charge in [-0.25, -0.2) is 0 Å². The van der Waals surface area contributed by atoms with Crippen LogP contribution < -0.4 is 0 Å². The molecular formula is C36H57F17S. The van der Waals surface area contributed by atoms with Crippen molar-refractivity contribution in [1.29, 1.82) is 0 Å². The number of rotatable bonds is 34. The van der Waals surface area contributed by atoms with Crippen LogP contribution in [0.15, 0.2) is 0 Å². The summed E-state index contributed by atoms with van der Waals surface area (Å²) in [6.45, 7) is 2.22. The van der Waals surface area contributed by atoms with Gasteiger partial charge in [0.25, 0.3) is 0 Å². The van der Waals surface area contributed by atoms with Gasteiger partial charge in [0, 0.05) is 6.42 Å². The van der Waals surface area contributed by atoms with E-state index in [4.69, 9.17) is 0 Å². The molecule has 326 valence electrons. The third-order valence-corrected chi connectivity index (χ3v) is 10.6. The zero-order valence-corrected chi connectivity index (χ0v) is 31.7. The Kier molecular flexibility index (Phi) is 23.8. The van der Waals surface area contributed by atoms with Crippen molar-refractivity contribution in [2.24, 2.45) is 0 Å². The van der Waals surface area contributed by atoms with E-state index in [1.165, 1.54) is 96.3 Å². The number of halogens is 17. The van der Waals surface area contributed by atoms with E-state index in [9.17, 15) is 74.6 Å². The SMILES string of the molecule is CCCCCCCCCCCCCCCCCCSCCCCCCCCCCC(F)(F)C(F)(F)C(F)(F)C(F)(F)C(F)(F)C(F)(F)C(F)(F)C(F)(F)F. The summed E-state index contributed by atoms with van der Waals surface area (Å²) < 4.78 is 227. The molecule has 0 bridgehead atoms. The van der Waals surface area contributed by atoms with Gasteiger partial charge in [-0.15, -0.1) is 0 Å². The Balaban J connectivity index is 4.20. The van der Waals surface area contributed by atoms with Gasteiger partial charge in [0.2, 0.25) is 0 Å². The first-order valence-corrected chi connectivity index (χ1v) is 20.3. The summed E-state index contributed by atoms with van der Waals surface area (Å²) in [5.41, 5.74) is 0. The summed E-state index contributed by atoms with van der Waals surface area (Å²) in [7, 11) is 0. The molecule has 0 spiro atoms. The molecule has 0 heterocycles. The van der Waals surface area contributed by atoms with E-state index < -0.39 is 60.5 Å². The molecule has 0 rings (SSSR count). The van der Waals surface area contributed by atoms with Crippen LogP contribution in [0, 0.1) is 0 Å². The van der Waals surface area contributed by atoms with E-state index in [0.29, 0.717) is 12.8 Å². The molecule has 0 saturated carbocycles. The summed E-state index contributed by atoms with van der Waals surface area (Å²) in [4.78, 5) is 0.